The molecule has 166 valence electrons. The highest BCUT2D eigenvalue weighted by atomic mass is 32.1. The number of nitrogens with two attached hydrogens (primary N) is 2. The Morgan fingerprint density at radius 2 is 1.84 bits per heavy atom. The fraction of sp³-hybridized carbons (Fsp3) is 0.455. The monoisotopic (exact) mass is 443 g/mol. The lowest BCUT2D eigenvalue weighted by Gasteiger charge is -2.31. The second-order valence-corrected chi connectivity index (χ2v) is 8.52. The van der Waals surface area contributed by atoms with Crippen molar-refractivity contribution in [2.75, 3.05) is 10.6 Å². The zero-order valence-corrected chi connectivity index (χ0v) is 18.7. The molecule has 0 spiro atoms. The van der Waals surface area contributed by atoms with Gasteiger partial charge in [0.05, 0.1) is 5.69 Å². The van der Waals surface area contributed by atoms with Gasteiger partial charge >= 0.3 is 0 Å². The Morgan fingerprint density at radius 1 is 1.19 bits per heavy atom. The van der Waals surface area contributed by atoms with Crippen LogP contribution in [0.3, 0.4) is 0 Å². The maximum Gasteiger partial charge on any atom is 0.272 e. The van der Waals surface area contributed by atoms with Crippen molar-refractivity contribution in [1.29, 1.82) is 0 Å². The first-order chi connectivity index (χ1) is 14.9. The van der Waals surface area contributed by atoms with E-state index in [9.17, 15) is 14.4 Å². The number of carbonyl (C=O) groups excluding carboxylic acids is 3. The molecule has 0 aliphatic heterocycles. The Morgan fingerprint density at radius 3 is 2.35 bits per heavy atom. The second-order valence-electron chi connectivity index (χ2n) is 7.75. The van der Waals surface area contributed by atoms with E-state index in [4.69, 9.17) is 11.5 Å². The highest BCUT2D eigenvalue weighted by Crippen LogP contribution is 2.29. The van der Waals surface area contributed by atoms with Crippen LogP contribution in [0.5, 0.6) is 0 Å². The first kappa shape index (κ1) is 22.7. The van der Waals surface area contributed by atoms with Gasteiger partial charge in [0.25, 0.3) is 11.8 Å². The van der Waals surface area contributed by atoms with Gasteiger partial charge in [-0.25, -0.2) is 0 Å². The lowest BCUT2D eigenvalue weighted by molar-refractivity contribution is -0.123. The number of hydrogen-bond donors (Lipinski definition) is 3. The van der Waals surface area contributed by atoms with Crippen LogP contribution in [0, 0.1) is 0 Å². The third-order valence-corrected chi connectivity index (χ3v) is 6.55. The molecule has 2 aromatic rings. The number of nitrogen functional groups attached to an aromatic ring is 1. The summed E-state index contributed by atoms with van der Waals surface area (Å²) in [4.78, 5) is 39.9. The molecule has 31 heavy (non-hydrogen) atoms. The van der Waals surface area contributed by atoms with Gasteiger partial charge in [-0.3, -0.25) is 19.3 Å². The molecule has 3 rings (SSSR count). The van der Waals surface area contributed by atoms with E-state index in [1.54, 1.807) is 0 Å². The van der Waals surface area contributed by atoms with Crippen molar-refractivity contribution in [3.63, 3.8) is 0 Å². The average Bonchev–Trinajstić information content (AvgIpc) is 3.41. The van der Waals surface area contributed by atoms with Crippen molar-refractivity contribution in [1.82, 2.24) is 9.69 Å². The molecule has 1 aromatic heterocycles. The molecule has 3 amide bonds. The fourth-order valence-electron chi connectivity index (χ4n) is 3.92. The Labute approximate surface area is 186 Å². The summed E-state index contributed by atoms with van der Waals surface area (Å²) >= 11 is 0.817. The summed E-state index contributed by atoms with van der Waals surface area (Å²) in [7, 11) is 0. The van der Waals surface area contributed by atoms with Crippen LogP contribution in [0.4, 0.5) is 11.4 Å². The van der Waals surface area contributed by atoms with Crippen LogP contribution in [0.2, 0.25) is 0 Å². The number of rotatable bonds is 8. The van der Waals surface area contributed by atoms with Crippen molar-refractivity contribution in [2.45, 2.75) is 64.5 Å². The normalized spacial score (nSPS) is 14.9. The number of nitrogens with one attached hydrogen (secondary N) is 1. The Balaban J connectivity index is 1.99. The summed E-state index contributed by atoms with van der Waals surface area (Å²) in [5.74, 6) is -1.46. The standard InChI is InChI=1S/C22H29N5O3S/c1-3-13-9-11-15(12-10-13)27(16(4-2)21(29)25-14-7-5-6-8-14)22(30)19-17(23)18(20(24)28)26-31-19/h9-12,14,16H,3-8,23H2,1-2H3,(H2,24,28)(H,25,29). The van der Waals surface area contributed by atoms with Crippen LogP contribution in [0.25, 0.3) is 0 Å². The highest BCUT2D eigenvalue weighted by Gasteiger charge is 2.34. The van der Waals surface area contributed by atoms with Crippen LogP contribution in [0.15, 0.2) is 24.3 Å². The van der Waals surface area contributed by atoms with Crippen molar-refractivity contribution in [2.24, 2.45) is 5.73 Å². The van der Waals surface area contributed by atoms with Crippen LogP contribution in [0.1, 0.15) is 71.7 Å². The first-order valence-corrected chi connectivity index (χ1v) is 11.4. The summed E-state index contributed by atoms with van der Waals surface area (Å²) in [5, 5.41) is 3.10. The molecule has 1 fully saturated rings. The van der Waals surface area contributed by atoms with Gasteiger partial charge in [-0.2, -0.15) is 4.37 Å². The van der Waals surface area contributed by atoms with E-state index in [-0.39, 0.29) is 28.2 Å². The molecule has 1 aromatic carbocycles. The van der Waals surface area contributed by atoms with Crippen LogP contribution >= 0.6 is 11.5 Å². The lowest BCUT2D eigenvalue weighted by Crippen LogP contribution is -2.51. The minimum Gasteiger partial charge on any atom is -0.395 e. The van der Waals surface area contributed by atoms with E-state index in [0.717, 1.165) is 49.2 Å². The molecular formula is C22H29N5O3S. The number of carbonyl (C=O) groups is 3. The molecule has 1 aliphatic carbocycles. The van der Waals surface area contributed by atoms with Crippen molar-refractivity contribution >= 4 is 40.6 Å². The van der Waals surface area contributed by atoms with Gasteiger partial charge < -0.3 is 16.8 Å². The number of anilines is 2. The lowest BCUT2D eigenvalue weighted by atomic mass is 10.1. The van der Waals surface area contributed by atoms with Gasteiger partial charge in [-0.1, -0.05) is 38.8 Å². The van der Waals surface area contributed by atoms with Crippen LogP contribution < -0.4 is 21.7 Å². The van der Waals surface area contributed by atoms with E-state index in [1.807, 2.05) is 38.1 Å². The molecule has 1 aliphatic rings. The number of benzene rings is 1. The number of aromatic nitrogens is 1. The fourth-order valence-corrected chi connectivity index (χ4v) is 4.66. The second kappa shape index (κ2) is 9.91. The van der Waals surface area contributed by atoms with E-state index in [0.29, 0.717) is 12.1 Å². The van der Waals surface area contributed by atoms with E-state index in [1.165, 1.54) is 4.90 Å². The van der Waals surface area contributed by atoms with Crippen LogP contribution in [-0.4, -0.2) is 34.2 Å². The zero-order chi connectivity index (χ0) is 22.5. The number of nitrogens with zero attached hydrogens (tertiary/aromatic N) is 2. The summed E-state index contributed by atoms with van der Waals surface area (Å²) in [6, 6.07) is 6.93. The number of hydrogen-bond acceptors (Lipinski definition) is 6. The predicted octanol–water partition coefficient (Wildman–Crippen LogP) is 2.87. The predicted molar refractivity (Wildman–Crippen MR) is 122 cm³/mol. The van der Waals surface area contributed by atoms with Gasteiger partial charge in [0.2, 0.25) is 5.91 Å². The maximum atomic E-state index is 13.6. The summed E-state index contributed by atoms with van der Waals surface area (Å²) < 4.78 is 3.95. The first-order valence-electron chi connectivity index (χ1n) is 10.6. The van der Waals surface area contributed by atoms with Gasteiger partial charge in [-0.15, -0.1) is 0 Å². The highest BCUT2D eigenvalue weighted by molar-refractivity contribution is 7.09. The molecule has 9 heteroatoms. The van der Waals surface area contributed by atoms with Gasteiger partial charge in [0.15, 0.2) is 5.69 Å². The molecule has 0 saturated heterocycles. The molecule has 0 radical (unpaired) electrons. The van der Waals surface area contributed by atoms with E-state index >= 15 is 0 Å². The smallest absolute Gasteiger partial charge is 0.272 e. The summed E-state index contributed by atoms with van der Waals surface area (Å²) in [6.45, 7) is 3.91. The SMILES string of the molecule is CCc1ccc(N(C(=O)c2snc(C(N)=O)c2N)C(CC)C(=O)NC2CCCC2)cc1. The molecule has 1 heterocycles. The van der Waals surface area contributed by atoms with E-state index in [2.05, 4.69) is 9.69 Å². The summed E-state index contributed by atoms with van der Waals surface area (Å²) in [6.07, 6.45) is 5.36. The molecule has 8 nitrogen and oxygen atoms in total. The van der Waals surface area contributed by atoms with Gasteiger partial charge in [-0.05, 0) is 54.9 Å². The number of aryl methyl sites for hydroxylation is 1. The maximum absolute atomic E-state index is 13.6. The third kappa shape index (κ3) is 4.87. The minimum atomic E-state index is -0.794. The summed E-state index contributed by atoms with van der Waals surface area (Å²) in [5.41, 5.74) is 12.9. The zero-order valence-electron chi connectivity index (χ0n) is 17.9. The van der Waals surface area contributed by atoms with Gasteiger partial charge in [0.1, 0.15) is 10.9 Å². The Hall–Kier alpha value is -2.94. The van der Waals surface area contributed by atoms with Gasteiger partial charge in [0, 0.05) is 11.7 Å². The molecular weight excluding hydrogens is 414 g/mol. The quantitative estimate of drug-likeness (QED) is 0.577. The molecule has 0 bridgehead atoms. The molecule has 1 unspecified atom stereocenters. The van der Waals surface area contributed by atoms with Crippen molar-refractivity contribution in [3.8, 4) is 0 Å². The van der Waals surface area contributed by atoms with Crippen molar-refractivity contribution < 1.29 is 14.4 Å². The molecule has 5 N–H and O–H groups in total. The van der Waals surface area contributed by atoms with E-state index < -0.39 is 17.9 Å². The number of primary amides is 1. The average molecular weight is 444 g/mol. The molecule has 1 atom stereocenters. The Kier molecular flexibility index (Phi) is 7.27. The van der Waals surface area contributed by atoms with Crippen molar-refractivity contribution in [3.05, 3.63) is 40.4 Å². The minimum absolute atomic E-state index is 0.0521. The Bertz CT molecular complexity index is 951. The topological polar surface area (TPSA) is 131 Å². The van der Waals surface area contributed by atoms with Crippen LogP contribution in [-0.2, 0) is 11.2 Å². The molecule has 1 saturated carbocycles. The largest absolute Gasteiger partial charge is 0.395 e. The number of amides is 3. The third-order valence-electron chi connectivity index (χ3n) is 5.70.